The van der Waals surface area contributed by atoms with Gasteiger partial charge in [0.2, 0.25) is 3.79 Å². The third kappa shape index (κ3) is 7.06. The third-order valence-corrected chi connectivity index (χ3v) is 4.87. The number of aromatic carboxylic acids is 1. The highest BCUT2D eigenvalue weighted by Crippen LogP contribution is 2.30. The van der Waals surface area contributed by atoms with Gasteiger partial charge in [-0.3, -0.25) is 4.79 Å². The molecule has 0 bridgehead atoms. The highest BCUT2D eigenvalue weighted by Gasteiger charge is 2.35. The maximum atomic E-state index is 12.5. The number of hydrogen-bond acceptors (Lipinski definition) is 3. The van der Waals surface area contributed by atoms with E-state index in [0.29, 0.717) is 10.7 Å². The molecule has 2 rings (SSSR count). The van der Waals surface area contributed by atoms with E-state index in [2.05, 4.69) is 16.0 Å². The smallest absolute Gasteiger partial charge is 0.335 e. The van der Waals surface area contributed by atoms with Gasteiger partial charge >= 0.3 is 5.97 Å². The number of carbonyl (C=O) groups is 2. The van der Waals surface area contributed by atoms with E-state index < -0.39 is 21.8 Å². The Balaban J connectivity index is 2.09. The van der Waals surface area contributed by atoms with Crippen LogP contribution in [0.1, 0.15) is 20.7 Å². The van der Waals surface area contributed by atoms with Crippen LogP contribution in [-0.2, 0) is 0 Å². The van der Waals surface area contributed by atoms with Crippen molar-refractivity contribution in [3.8, 4) is 0 Å². The van der Waals surface area contributed by atoms with Gasteiger partial charge in [0.25, 0.3) is 5.91 Å². The van der Waals surface area contributed by atoms with E-state index in [4.69, 9.17) is 75.3 Å². The van der Waals surface area contributed by atoms with Gasteiger partial charge in [-0.1, -0.05) is 58.0 Å². The summed E-state index contributed by atoms with van der Waals surface area (Å²) < 4.78 is -1.96. The summed E-state index contributed by atoms with van der Waals surface area (Å²) in [6.45, 7) is 0. The van der Waals surface area contributed by atoms with Crippen LogP contribution in [-0.4, -0.2) is 32.1 Å². The van der Waals surface area contributed by atoms with Gasteiger partial charge in [-0.15, -0.1) is 0 Å². The van der Waals surface area contributed by atoms with E-state index in [9.17, 15) is 9.59 Å². The SMILES string of the molecule is O=C(O)c1ccc(NC(=S)N[C@@H](NC(=O)c2ccc(Cl)cc2Cl)C(Cl)(Cl)Cl)cc1. The maximum Gasteiger partial charge on any atom is 0.335 e. The Hall–Kier alpha value is -1.48. The predicted octanol–water partition coefficient (Wildman–Crippen LogP) is 5.10. The van der Waals surface area contributed by atoms with E-state index >= 15 is 0 Å². The molecule has 1 atom stereocenters. The number of nitrogens with one attached hydrogen (secondary N) is 3. The molecule has 2 aromatic rings. The van der Waals surface area contributed by atoms with Gasteiger partial charge in [-0.2, -0.15) is 0 Å². The van der Waals surface area contributed by atoms with Crippen molar-refractivity contribution in [3.63, 3.8) is 0 Å². The molecule has 0 radical (unpaired) electrons. The first-order valence-electron chi connectivity index (χ1n) is 7.71. The number of carboxylic acid groups (broad SMARTS) is 1. The zero-order valence-electron chi connectivity index (χ0n) is 14.2. The van der Waals surface area contributed by atoms with Gasteiger partial charge in [-0.25, -0.2) is 4.79 Å². The Labute approximate surface area is 196 Å². The lowest BCUT2D eigenvalue weighted by Gasteiger charge is -2.28. The van der Waals surface area contributed by atoms with Crippen molar-refractivity contribution < 1.29 is 14.7 Å². The van der Waals surface area contributed by atoms with Crippen LogP contribution in [0.5, 0.6) is 0 Å². The number of benzene rings is 2. The molecule has 0 unspecified atom stereocenters. The number of alkyl halides is 3. The van der Waals surface area contributed by atoms with Crippen molar-refractivity contribution in [1.29, 1.82) is 0 Å². The fourth-order valence-corrected chi connectivity index (χ4v) is 3.13. The molecule has 0 fully saturated rings. The molecule has 0 aliphatic carbocycles. The first kappa shape index (κ1) is 23.8. The minimum atomic E-state index is -1.96. The fourth-order valence-electron chi connectivity index (χ4n) is 2.08. The molecule has 0 saturated carbocycles. The topological polar surface area (TPSA) is 90.5 Å². The second-order valence-electron chi connectivity index (χ2n) is 5.55. The van der Waals surface area contributed by atoms with E-state index in [1.54, 1.807) is 0 Å². The van der Waals surface area contributed by atoms with E-state index in [0.717, 1.165) is 0 Å². The molecule has 0 spiro atoms. The molecule has 12 heteroatoms. The molecule has 2 aromatic carbocycles. The maximum absolute atomic E-state index is 12.5. The van der Waals surface area contributed by atoms with Crippen LogP contribution in [0.4, 0.5) is 5.69 Å². The highest BCUT2D eigenvalue weighted by molar-refractivity contribution is 7.80. The summed E-state index contributed by atoms with van der Waals surface area (Å²) >= 11 is 34.9. The van der Waals surface area contributed by atoms with Gasteiger partial charge < -0.3 is 21.1 Å². The summed E-state index contributed by atoms with van der Waals surface area (Å²) in [5, 5.41) is 17.4. The Morgan fingerprint density at radius 1 is 1.00 bits per heavy atom. The molecule has 1 amide bonds. The van der Waals surface area contributed by atoms with Crippen molar-refractivity contribution in [3.05, 3.63) is 63.6 Å². The van der Waals surface area contributed by atoms with Gasteiger partial charge in [0, 0.05) is 10.7 Å². The van der Waals surface area contributed by atoms with Crippen molar-refractivity contribution in [1.82, 2.24) is 10.6 Å². The number of anilines is 1. The van der Waals surface area contributed by atoms with Crippen LogP contribution in [0, 0.1) is 0 Å². The van der Waals surface area contributed by atoms with Crippen LogP contribution >= 0.6 is 70.2 Å². The lowest BCUT2D eigenvalue weighted by molar-refractivity contribution is 0.0696. The Bertz CT molecular complexity index is 935. The number of amides is 1. The lowest BCUT2D eigenvalue weighted by atomic mass is 10.2. The largest absolute Gasteiger partial charge is 0.478 e. The quantitative estimate of drug-likeness (QED) is 0.252. The number of thiocarbonyl (C=S) groups is 1. The van der Waals surface area contributed by atoms with Crippen LogP contribution in [0.15, 0.2) is 42.5 Å². The van der Waals surface area contributed by atoms with Crippen LogP contribution in [0.2, 0.25) is 10.0 Å². The molecule has 154 valence electrons. The summed E-state index contributed by atoms with van der Waals surface area (Å²) in [5.41, 5.74) is 0.726. The third-order valence-electron chi connectivity index (χ3n) is 3.44. The van der Waals surface area contributed by atoms with Crippen molar-refractivity contribution in [2.75, 3.05) is 5.32 Å². The molecule has 4 N–H and O–H groups in total. The molecule has 0 aliphatic rings. The zero-order chi connectivity index (χ0) is 21.8. The van der Waals surface area contributed by atoms with E-state index in [1.165, 1.54) is 42.5 Å². The standard InChI is InChI=1S/C17H12Cl5N3O3S/c18-9-3-6-11(12(19)7-9)13(26)24-15(17(20,21)22)25-16(29)23-10-4-1-8(2-5-10)14(27)28/h1-7,15H,(H,24,26)(H,27,28)(H2,23,25,29)/t15-/m1/s1. The highest BCUT2D eigenvalue weighted by atomic mass is 35.6. The Kier molecular flexibility index (Phi) is 8.22. The normalized spacial score (nSPS) is 12.0. The number of rotatable bonds is 5. The van der Waals surface area contributed by atoms with Crippen LogP contribution in [0.3, 0.4) is 0 Å². The monoisotopic (exact) mass is 513 g/mol. The van der Waals surface area contributed by atoms with Crippen molar-refractivity contribution in [2.24, 2.45) is 0 Å². The molecular formula is C17H12Cl5N3O3S. The molecule has 6 nitrogen and oxygen atoms in total. The first-order valence-corrected chi connectivity index (χ1v) is 10.0. The number of carboxylic acids is 1. The summed E-state index contributed by atoms with van der Waals surface area (Å²) in [4.78, 5) is 23.4. The fraction of sp³-hybridized carbons (Fsp3) is 0.118. The molecule has 0 aromatic heterocycles. The predicted molar refractivity (Wildman–Crippen MR) is 121 cm³/mol. The van der Waals surface area contributed by atoms with Crippen LogP contribution < -0.4 is 16.0 Å². The minimum Gasteiger partial charge on any atom is -0.478 e. The summed E-state index contributed by atoms with van der Waals surface area (Å²) in [5.74, 6) is -1.68. The van der Waals surface area contributed by atoms with Crippen molar-refractivity contribution >= 4 is 92.9 Å². The van der Waals surface area contributed by atoms with Gasteiger partial charge in [0.1, 0.15) is 6.17 Å². The summed E-state index contributed by atoms with van der Waals surface area (Å²) in [7, 11) is 0. The van der Waals surface area contributed by atoms with E-state index in [-0.39, 0.29) is 21.3 Å². The lowest BCUT2D eigenvalue weighted by Crippen LogP contribution is -2.56. The molecule has 0 aliphatic heterocycles. The van der Waals surface area contributed by atoms with Gasteiger partial charge in [0.05, 0.1) is 16.1 Å². The zero-order valence-corrected chi connectivity index (χ0v) is 18.8. The Morgan fingerprint density at radius 2 is 1.62 bits per heavy atom. The van der Waals surface area contributed by atoms with Crippen molar-refractivity contribution in [2.45, 2.75) is 9.96 Å². The molecule has 0 heterocycles. The van der Waals surface area contributed by atoms with Gasteiger partial charge in [-0.05, 0) is 54.7 Å². The second-order valence-corrected chi connectivity index (χ2v) is 9.17. The molecule has 0 saturated heterocycles. The summed E-state index contributed by atoms with van der Waals surface area (Å²) in [6, 6.07) is 10.1. The number of carbonyl (C=O) groups excluding carboxylic acids is 1. The summed E-state index contributed by atoms with van der Waals surface area (Å²) in [6.07, 6.45) is -1.22. The second kappa shape index (κ2) is 10.0. The number of hydrogen-bond donors (Lipinski definition) is 4. The van der Waals surface area contributed by atoms with Gasteiger partial charge in [0.15, 0.2) is 5.11 Å². The minimum absolute atomic E-state index is 0.0203. The van der Waals surface area contributed by atoms with Crippen LogP contribution in [0.25, 0.3) is 0 Å². The first-order chi connectivity index (χ1) is 13.5. The average molecular weight is 516 g/mol. The van der Waals surface area contributed by atoms with E-state index in [1.807, 2.05) is 0 Å². The molecule has 29 heavy (non-hydrogen) atoms. The molecular weight excluding hydrogens is 504 g/mol. The average Bonchev–Trinajstić information content (AvgIpc) is 2.60. The Morgan fingerprint density at radius 3 is 2.14 bits per heavy atom. The number of halogens is 5.